The van der Waals surface area contributed by atoms with Crippen molar-refractivity contribution in [1.29, 1.82) is 0 Å². The molecule has 2 unspecified atom stereocenters. The van der Waals surface area contributed by atoms with Crippen molar-refractivity contribution in [3.63, 3.8) is 0 Å². The fraction of sp³-hybridized carbons (Fsp3) is 0.333. The summed E-state index contributed by atoms with van der Waals surface area (Å²) in [5, 5.41) is 9.91. The van der Waals surface area contributed by atoms with E-state index in [4.69, 9.17) is 0 Å². The number of rotatable bonds is 1. The van der Waals surface area contributed by atoms with Crippen LogP contribution in [-0.4, -0.2) is 11.2 Å². The van der Waals surface area contributed by atoms with Crippen LogP contribution >= 0.6 is 0 Å². The van der Waals surface area contributed by atoms with Crippen LogP contribution in [0.2, 0.25) is 0 Å². The summed E-state index contributed by atoms with van der Waals surface area (Å²) in [5.41, 5.74) is 0.960. The van der Waals surface area contributed by atoms with E-state index in [1.165, 1.54) is 0 Å². The lowest BCUT2D eigenvalue weighted by molar-refractivity contribution is 0.176. The lowest BCUT2D eigenvalue weighted by Gasteiger charge is -2.17. The molecular formula is C15H16O. The highest BCUT2D eigenvalue weighted by atomic mass is 16.3. The summed E-state index contributed by atoms with van der Waals surface area (Å²) in [6.07, 6.45) is 7.04. The van der Waals surface area contributed by atoms with Gasteiger partial charge in [-0.05, 0) is 31.4 Å². The van der Waals surface area contributed by atoms with E-state index in [-0.39, 0.29) is 5.92 Å². The van der Waals surface area contributed by atoms with Gasteiger partial charge in [0.2, 0.25) is 0 Å². The molecule has 0 aromatic heterocycles. The van der Waals surface area contributed by atoms with E-state index in [2.05, 4.69) is 24.0 Å². The first-order chi connectivity index (χ1) is 7.86. The molecular weight excluding hydrogens is 196 g/mol. The Labute approximate surface area is 96.8 Å². The third-order valence-corrected chi connectivity index (χ3v) is 2.84. The van der Waals surface area contributed by atoms with Crippen molar-refractivity contribution in [3.8, 4) is 11.8 Å². The summed E-state index contributed by atoms with van der Waals surface area (Å²) >= 11 is 0. The molecule has 1 aliphatic rings. The summed E-state index contributed by atoms with van der Waals surface area (Å²) in [5.74, 6) is 6.14. The van der Waals surface area contributed by atoms with Crippen molar-refractivity contribution in [2.75, 3.05) is 0 Å². The van der Waals surface area contributed by atoms with E-state index < -0.39 is 6.10 Å². The summed E-state index contributed by atoms with van der Waals surface area (Å²) in [6.45, 7) is 0. The van der Waals surface area contributed by atoms with Gasteiger partial charge in [-0.1, -0.05) is 42.2 Å². The molecule has 1 N–H and O–H groups in total. The molecule has 1 aromatic rings. The van der Waals surface area contributed by atoms with Crippen LogP contribution in [0.5, 0.6) is 0 Å². The van der Waals surface area contributed by atoms with Gasteiger partial charge in [0.1, 0.15) is 6.10 Å². The van der Waals surface area contributed by atoms with Gasteiger partial charge in [0.25, 0.3) is 0 Å². The molecule has 2 atom stereocenters. The first-order valence-corrected chi connectivity index (χ1v) is 5.77. The monoisotopic (exact) mass is 212 g/mol. The zero-order valence-corrected chi connectivity index (χ0v) is 9.26. The molecule has 1 aliphatic carbocycles. The van der Waals surface area contributed by atoms with Crippen LogP contribution in [0, 0.1) is 17.8 Å². The highest BCUT2D eigenvalue weighted by Crippen LogP contribution is 2.20. The topological polar surface area (TPSA) is 20.2 Å². The van der Waals surface area contributed by atoms with E-state index in [1.807, 2.05) is 30.3 Å². The molecule has 0 radical (unpaired) electrons. The van der Waals surface area contributed by atoms with E-state index in [9.17, 15) is 5.11 Å². The molecule has 2 rings (SSSR count). The molecule has 1 heteroatoms. The van der Waals surface area contributed by atoms with E-state index in [0.29, 0.717) is 0 Å². The standard InChI is InChI=1S/C15H16O/c16-15(14-9-5-2-6-10-14)12-11-13-7-3-1-4-8-13/h1,3-5,7-9,14-16H,2,6,10H2. The number of allylic oxidation sites excluding steroid dienone is 1. The van der Waals surface area contributed by atoms with Crippen LogP contribution in [0.4, 0.5) is 0 Å². The number of hydrogen-bond donors (Lipinski definition) is 1. The highest BCUT2D eigenvalue weighted by Gasteiger charge is 2.15. The summed E-state index contributed by atoms with van der Waals surface area (Å²) in [6, 6.07) is 9.78. The quantitative estimate of drug-likeness (QED) is 0.560. The van der Waals surface area contributed by atoms with E-state index in [0.717, 1.165) is 24.8 Å². The van der Waals surface area contributed by atoms with Crippen LogP contribution in [0.1, 0.15) is 24.8 Å². The Balaban J connectivity index is 2.01. The molecule has 0 saturated carbocycles. The lowest BCUT2D eigenvalue weighted by atomic mass is 9.91. The molecule has 82 valence electrons. The van der Waals surface area contributed by atoms with Crippen LogP contribution in [-0.2, 0) is 0 Å². The molecule has 0 heterocycles. The number of hydrogen-bond acceptors (Lipinski definition) is 1. The first-order valence-electron chi connectivity index (χ1n) is 5.77. The molecule has 1 nitrogen and oxygen atoms in total. The lowest BCUT2D eigenvalue weighted by Crippen LogP contribution is -2.18. The third-order valence-electron chi connectivity index (χ3n) is 2.84. The summed E-state index contributed by atoms with van der Waals surface area (Å²) < 4.78 is 0. The molecule has 0 saturated heterocycles. The van der Waals surface area contributed by atoms with Crippen molar-refractivity contribution < 1.29 is 5.11 Å². The largest absolute Gasteiger partial charge is 0.380 e. The Morgan fingerprint density at radius 2 is 2.06 bits per heavy atom. The normalized spacial score (nSPS) is 20.9. The fourth-order valence-corrected chi connectivity index (χ4v) is 1.89. The van der Waals surface area contributed by atoms with Gasteiger partial charge < -0.3 is 5.11 Å². The Morgan fingerprint density at radius 3 is 2.75 bits per heavy atom. The van der Waals surface area contributed by atoms with Gasteiger partial charge in [0, 0.05) is 11.5 Å². The predicted molar refractivity (Wildman–Crippen MR) is 65.8 cm³/mol. The number of benzene rings is 1. The van der Waals surface area contributed by atoms with Gasteiger partial charge in [-0.2, -0.15) is 0 Å². The average molecular weight is 212 g/mol. The molecule has 16 heavy (non-hydrogen) atoms. The van der Waals surface area contributed by atoms with Crippen LogP contribution in [0.25, 0.3) is 0 Å². The minimum absolute atomic E-state index is 0.213. The summed E-state index contributed by atoms with van der Waals surface area (Å²) in [4.78, 5) is 0. The predicted octanol–water partition coefficient (Wildman–Crippen LogP) is 2.76. The zero-order chi connectivity index (χ0) is 11.2. The van der Waals surface area contributed by atoms with Crippen molar-refractivity contribution in [2.24, 2.45) is 5.92 Å². The van der Waals surface area contributed by atoms with Crippen LogP contribution in [0.15, 0.2) is 42.5 Å². The fourth-order valence-electron chi connectivity index (χ4n) is 1.89. The van der Waals surface area contributed by atoms with Crippen molar-refractivity contribution >= 4 is 0 Å². The van der Waals surface area contributed by atoms with Gasteiger partial charge in [-0.25, -0.2) is 0 Å². The second-order valence-electron chi connectivity index (χ2n) is 4.10. The minimum atomic E-state index is -0.531. The average Bonchev–Trinajstić information content (AvgIpc) is 2.38. The van der Waals surface area contributed by atoms with E-state index >= 15 is 0 Å². The van der Waals surface area contributed by atoms with Crippen molar-refractivity contribution in [2.45, 2.75) is 25.4 Å². The Morgan fingerprint density at radius 1 is 1.25 bits per heavy atom. The maximum Gasteiger partial charge on any atom is 0.121 e. The smallest absolute Gasteiger partial charge is 0.121 e. The zero-order valence-electron chi connectivity index (χ0n) is 9.26. The number of aliphatic hydroxyl groups excluding tert-OH is 1. The van der Waals surface area contributed by atoms with Gasteiger partial charge in [-0.3, -0.25) is 0 Å². The Hall–Kier alpha value is -1.52. The van der Waals surface area contributed by atoms with Gasteiger partial charge in [0.05, 0.1) is 0 Å². The molecule has 1 aromatic carbocycles. The number of aliphatic hydroxyl groups is 1. The second kappa shape index (κ2) is 5.53. The molecule has 0 bridgehead atoms. The van der Waals surface area contributed by atoms with Crippen molar-refractivity contribution in [3.05, 3.63) is 48.0 Å². The molecule has 0 spiro atoms. The minimum Gasteiger partial charge on any atom is -0.380 e. The highest BCUT2D eigenvalue weighted by molar-refractivity contribution is 5.34. The first kappa shape index (κ1) is 11.0. The second-order valence-corrected chi connectivity index (χ2v) is 4.10. The SMILES string of the molecule is OC(C#Cc1ccccc1)C1C=CCCC1. The molecule has 0 aliphatic heterocycles. The van der Waals surface area contributed by atoms with Gasteiger partial charge in [-0.15, -0.1) is 0 Å². The van der Waals surface area contributed by atoms with Gasteiger partial charge in [0.15, 0.2) is 0 Å². The maximum absolute atomic E-state index is 9.91. The van der Waals surface area contributed by atoms with Gasteiger partial charge >= 0.3 is 0 Å². The van der Waals surface area contributed by atoms with Crippen LogP contribution < -0.4 is 0 Å². The third kappa shape index (κ3) is 2.98. The Bertz CT molecular complexity index is 408. The Kier molecular flexibility index (Phi) is 3.80. The molecule has 0 amide bonds. The maximum atomic E-state index is 9.91. The van der Waals surface area contributed by atoms with Crippen molar-refractivity contribution in [1.82, 2.24) is 0 Å². The summed E-state index contributed by atoms with van der Waals surface area (Å²) in [7, 11) is 0. The van der Waals surface area contributed by atoms with E-state index in [1.54, 1.807) is 0 Å². The molecule has 0 fully saturated rings. The van der Waals surface area contributed by atoms with Crippen LogP contribution in [0.3, 0.4) is 0 Å².